The number of likely N-dealkylation sites (N-methyl/N-ethyl adjacent to an activating group) is 1. The van der Waals surface area contributed by atoms with E-state index < -0.39 is 70.8 Å². The number of nitrogens with one attached hydrogen (secondary N) is 2. The number of phenolic OH excluding ortho intramolecular Hbond substituents is 1. The zero-order valence-corrected chi connectivity index (χ0v) is 24.5. The number of Topliss-reactive ketones (excluding diaryl/α,β-unsaturated/α-hetero) is 1. The number of nitrogens with two attached hydrogens (primary N) is 1. The Morgan fingerprint density at radius 1 is 1.14 bits per heavy atom. The number of aromatic hydroxyl groups is 1. The number of carboxylic acid groups (broad SMARTS) is 1. The monoisotopic (exact) mass is 590 g/mol. The summed E-state index contributed by atoms with van der Waals surface area (Å²) in [6.07, 6.45) is 2.01. The Balaban J connectivity index is 2.49. The third-order valence-electron chi connectivity index (χ3n) is 7.47. The third kappa shape index (κ3) is 7.16. The van der Waals surface area contributed by atoms with Crippen LogP contribution >= 0.6 is 0 Å². The Hall–Kier alpha value is -3.78. The zero-order chi connectivity index (χ0) is 31.9. The van der Waals surface area contributed by atoms with Gasteiger partial charge in [-0.25, -0.2) is 0 Å². The Labute approximate surface area is 244 Å². The lowest BCUT2D eigenvalue weighted by Gasteiger charge is -2.42. The van der Waals surface area contributed by atoms with Gasteiger partial charge in [-0.05, 0) is 51.0 Å². The molecule has 0 bridgehead atoms. The molecule has 1 unspecified atom stereocenters. The average Bonchev–Trinajstić information content (AvgIpc) is 2.90. The Kier molecular flexibility index (Phi) is 11.8. The molecule has 0 saturated carbocycles. The lowest BCUT2D eigenvalue weighted by Crippen LogP contribution is -2.61. The van der Waals surface area contributed by atoms with Gasteiger partial charge < -0.3 is 36.6 Å². The highest BCUT2D eigenvalue weighted by molar-refractivity contribution is 6.24. The van der Waals surface area contributed by atoms with Gasteiger partial charge in [-0.3, -0.25) is 29.4 Å². The van der Waals surface area contributed by atoms with Crippen LogP contribution in [0, 0.1) is 5.92 Å². The van der Waals surface area contributed by atoms with E-state index in [1.54, 1.807) is 12.1 Å². The number of amides is 1. The van der Waals surface area contributed by atoms with E-state index in [-0.39, 0.29) is 23.7 Å². The van der Waals surface area contributed by atoms with Crippen molar-refractivity contribution < 1.29 is 44.7 Å². The maximum absolute atomic E-state index is 13.6. The minimum atomic E-state index is -2.81. The van der Waals surface area contributed by atoms with E-state index in [1.165, 1.54) is 32.0 Å². The predicted octanol–water partition coefficient (Wildman–Crippen LogP) is 0.921. The number of ketones is 2. The number of benzene rings is 1. The Morgan fingerprint density at radius 2 is 1.79 bits per heavy atom. The molecule has 0 heterocycles. The van der Waals surface area contributed by atoms with Gasteiger partial charge in [0, 0.05) is 12.0 Å². The summed E-state index contributed by atoms with van der Waals surface area (Å²) in [5, 5.41) is 58.4. The number of unbranched alkanes of at least 4 members (excludes halogenated alkanes) is 1. The summed E-state index contributed by atoms with van der Waals surface area (Å²) < 4.78 is 0. The molecule has 2 rings (SSSR count). The highest BCUT2D eigenvalue weighted by Crippen LogP contribution is 2.39. The maximum Gasteiger partial charge on any atom is 0.320 e. The van der Waals surface area contributed by atoms with Crippen LogP contribution in [0.1, 0.15) is 57.1 Å². The second-order valence-corrected chi connectivity index (χ2v) is 10.9. The molecule has 0 spiro atoms. The van der Waals surface area contributed by atoms with Crippen molar-refractivity contribution in [1.82, 2.24) is 15.5 Å². The van der Waals surface area contributed by atoms with Crippen molar-refractivity contribution >= 4 is 29.2 Å². The first kappa shape index (κ1) is 34.4. The molecule has 1 aromatic rings. The highest BCUT2D eigenvalue weighted by atomic mass is 16.4. The van der Waals surface area contributed by atoms with Crippen molar-refractivity contribution in [2.24, 2.45) is 11.7 Å². The molecule has 13 heteroatoms. The third-order valence-corrected chi connectivity index (χ3v) is 7.47. The molecule has 0 radical (unpaired) electrons. The van der Waals surface area contributed by atoms with Gasteiger partial charge in [0.25, 0.3) is 5.91 Å². The maximum atomic E-state index is 13.6. The number of rotatable bonds is 14. The number of nitrogens with zero attached hydrogens (tertiary/aromatic N) is 1. The van der Waals surface area contributed by atoms with E-state index in [0.29, 0.717) is 31.0 Å². The number of hydrogen-bond acceptors (Lipinski definition) is 11. The molecule has 0 aliphatic heterocycles. The highest BCUT2D eigenvalue weighted by Gasteiger charge is 2.57. The van der Waals surface area contributed by atoms with Gasteiger partial charge in [0.2, 0.25) is 0 Å². The fourth-order valence-corrected chi connectivity index (χ4v) is 5.14. The number of aliphatic hydroxyl groups is 3. The number of carboxylic acids is 1. The van der Waals surface area contributed by atoms with Crippen molar-refractivity contribution in [3.63, 3.8) is 0 Å². The standard InChI is InChI=1S/C29H42N4O9/c1-15(2)17-9-8-11-19(34)22(17)20(35)13-21(36)29(42)16(3)24(33(4)5)25(37)23(26(29)38)27(39)32-14-31-18(28(40)41)10-6-7-12-30/h8-9,11,13,15-16,18,24,31,34-35,38,42H,6-7,10,12,14,30H2,1-5H3,(H,32,39)(H,40,41)/t16-,18?,24-,29-/m0/s1. The van der Waals surface area contributed by atoms with Gasteiger partial charge in [0.1, 0.15) is 28.9 Å². The first-order chi connectivity index (χ1) is 19.6. The molecule has 1 aromatic carbocycles. The number of hydrogen-bond donors (Lipinski definition) is 8. The van der Waals surface area contributed by atoms with Crippen molar-refractivity contribution in [3.05, 3.63) is 46.7 Å². The summed E-state index contributed by atoms with van der Waals surface area (Å²) in [6, 6.07) is 2.27. The van der Waals surface area contributed by atoms with Crippen LogP contribution in [0.25, 0.3) is 5.76 Å². The molecular formula is C29H42N4O9. The summed E-state index contributed by atoms with van der Waals surface area (Å²) in [5.74, 6) is -8.04. The molecule has 4 atom stereocenters. The normalized spacial score (nSPS) is 22.0. The van der Waals surface area contributed by atoms with E-state index in [0.717, 1.165) is 0 Å². The van der Waals surface area contributed by atoms with Crippen molar-refractivity contribution in [3.8, 4) is 5.75 Å². The SMILES string of the molecule is CC(C)c1cccc(O)c1C(O)=CC(=O)[C@]1(O)C(O)=C(C(=O)NCNC(CCCCN)C(=O)O)C(=O)[C@@H](N(C)C)[C@@H]1C. The number of phenols is 1. The zero-order valence-electron chi connectivity index (χ0n) is 24.5. The minimum absolute atomic E-state index is 0.0416. The van der Waals surface area contributed by atoms with Crippen molar-refractivity contribution in [1.29, 1.82) is 0 Å². The number of carbonyl (C=O) groups is 4. The summed E-state index contributed by atoms with van der Waals surface area (Å²) in [4.78, 5) is 53.0. The summed E-state index contributed by atoms with van der Waals surface area (Å²) in [7, 11) is 2.99. The second kappa shape index (κ2) is 14.4. The van der Waals surface area contributed by atoms with Crippen molar-refractivity contribution in [2.45, 2.75) is 63.6 Å². The molecule has 1 aliphatic rings. The fraction of sp³-hybridized carbons (Fsp3) is 0.517. The molecule has 232 valence electrons. The number of aliphatic carboxylic acids is 1. The average molecular weight is 591 g/mol. The molecule has 1 aliphatic carbocycles. The molecular weight excluding hydrogens is 548 g/mol. The molecule has 9 N–H and O–H groups in total. The van der Waals surface area contributed by atoms with Crippen LogP contribution in [0.2, 0.25) is 0 Å². The predicted molar refractivity (Wildman–Crippen MR) is 155 cm³/mol. The molecule has 0 fully saturated rings. The smallest absolute Gasteiger partial charge is 0.320 e. The van der Waals surface area contributed by atoms with Gasteiger partial charge in [-0.15, -0.1) is 0 Å². The molecule has 0 saturated heterocycles. The van der Waals surface area contributed by atoms with E-state index >= 15 is 0 Å². The topological polar surface area (TPSA) is 223 Å². The summed E-state index contributed by atoms with van der Waals surface area (Å²) >= 11 is 0. The number of carbonyl (C=O) groups excluding carboxylic acids is 3. The van der Waals surface area contributed by atoms with Crippen LogP contribution in [-0.2, 0) is 19.2 Å². The van der Waals surface area contributed by atoms with Crippen LogP contribution in [0.3, 0.4) is 0 Å². The van der Waals surface area contributed by atoms with Gasteiger partial charge in [-0.1, -0.05) is 39.3 Å². The summed E-state index contributed by atoms with van der Waals surface area (Å²) in [5.41, 5.74) is 2.22. The lowest BCUT2D eigenvalue weighted by atomic mass is 9.69. The van der Waals surface area contributed by atoms with E-state index in [9.17, 15) is 44.7 Å². The van der Waals surface area contributed by atoms with Crippen LogP contribution in [0.15, 0.2) is 35.6 Å². The quantitative estimate of drug-likeness (QED) is 0.0498. The molecule has 42 heavy (non-hydrogen) atoms. The lowest BCUT2D eigenvalue weighted by molar-refractivity contribution is -0.146. The molecule has 0 aromatic heterocycles. The summed E-state index contributed by atoms with van der Waals surface area (Å²) in [6.45, 7) is 4.96. The first-order valence-corrected chi connectivity index (χ1v) is 13.7. The van der Waals surface area contributed by atoms with Crippen LogP contribution in [0.5, 0.6) is 5.75 Å². The van der Waals surface area contributed by atoms with Crippen molar-refractivity contribution in [2.75, 3.05) is 27.3 Å². The molecule has 1 amide bonds. The van der Waals surface area contributed by atoms with Gasteiger partial charge in [-0.2, -0.15) is 0 Å². The van der Waals surface area contributed by atoms with Crippen LogP contribution in [-0.4, -0.2) is 98.9 Å². The number of aliphatic hydroxyl groups excluding tert-OH is 2. The van der Waals surface area contributed by atoms with E-state index in [2.05, 4.69) is 10.6 Å². The van der Waals surface area contributed by atoms with Gasteiger partial charge >= 0.3 is 5.97 Å². The molecule has 13 nitrogen and oxygen atoms in total. The Bertz CT molecular complexity index is 1260. The van der Waals surface area contributed by atoms with E-state index in [4.69, 9.17) is 5.73 Å². The van der Waals surface area contributed by atoms with Crippen LogP contribution in [0.4, 0.5) is 0 Å². The van der Waals surface area contributed by atoms with Gasteiger partial charge in [0.15, 0.2) is 17.2 Å². The Morgan fingerprint density at radius 3 is 2.33 bits per heavy atom. The van der Waals surface area contributed by atoms with E-state index in [1.807, 2.05) is 13.8 Å². The van der Waals surface area contributed by atoms with Crippen LogP contribution < -0.4 is 16.4 Å². The first-order valence-electron chi connectivity index (χ1n) is 13.7. The largest absolute Gasteiger partial charge is 0.508 e. The fourth-order valence-electron chi connectivity index (χ4n) is 5.14. The minimum Gasteiger partial charge on any atom is -0.508 e. The second-order valence-electron chi connectivity index (χ2n) is 10.9. The van der Waals surface area contributed by atoms with Gasteiger partial charge in [0.05, 0.1) is 18.3 Å².